The quantitative estimate of drug-likeness (QED) is 0.430. The number of piperidine rings is 1. The molecule has 0 aromatic carbocycles. The minimum Gasteiger partial charge on any atom is -0.486 e. The molecule has 1 fully saturated rings. The number of methoxy groups -OCH3 is 1. The molecule has 1 saturated heterocycles. The average Bonchev–Trinajstić information content (AvgIpc) is 2.95. The number of β-amino-alcohol motifs (C(OH)–C–C–N with tert-alkyl or cyclic N) is 1. The van der Waals surface area contributed by atoms with Crippen molar-refractivity contribution in [2.75, 3.05) is 33.4 Å². The lowest BCUT2D eigenvalue weighted by molar-refractivity contribution is -0.0101. The van der Waals surface area contributed by atoms with Crippen LogP contribution in [0.25, 0.3) is 11.0 Å². The molecule has 3 unspecified atom stereocenters. The zero-order valence-electron chi connectivity index (χ0n) is 23.7. The number of aliphatic hydroxyl groups excluding tert-OH is 1. The third-order valence-corrected chi connectivity index (χ3v) is 7.82. The van der Waals surface area contributed by atoms with E-state index in [4.69, 9.17) is 14.2 Å². The second-order valence-electron chi connectivity index (χ2n) is 11.5. The first-order valence-corrected chi connectivity index (χ1v) is 13.7. The van der Waals surface area contributed by atoms with Crippen molar-refractivity contribution in [3.63, 3.8) is 0 Å². The number of ether oxygens (including phenoxy) is 3. The fraction of sp³-hybridized carbons (Fsp3) is 0.517. The van der Waals surface area contributed by atoms with Gasteiger partial charge in [0.2, 0.25) is 5.88 Å². The van der Waals surface area contributed by atoms with Crippen LogP contribution in [-0.2, 0) is 6.54 Å². The van der Waals surface area contributed by atoms with E-state index >= 15 is 4.39 Å². The van der Waals surface area contributed by atoms with Gasteiger partial charge in [0.25, 0.3) is 0 Å². The molecule has 41 heavy (non-hydrogen) atoms. The number of fused-ring (bicyclic) bond motifs is 2. The lowest BCUT2D eigenvalue weighted by atomic mass is 9.78. The molecule has 3 aromatic rings. The van der Waals surface area contributed by atoms with Crippen molar-refractivity contribution < 1.29 is 33.6 Å². The van der Waals surface area contributed by atoms with E-state index in [1.165, 1.54) is 12.0 Å². The number of halogens is 1. The van der Waals surface area contributed by atoms with Crippen molar-refractivity contribution in [3.05, 3.63) is 47.7 Å². The Kier molecular flexibility index (Phi) is 8.14. The Hall–Kier alpha value is -3.77. The van der Waals surface area contributed by atoms with Crippen LogP contribution in [0, 0.1) is 11.2 Å². The van der Waals surface area contributed by atoms with E-state index in [9.17, 15) is 15.0 Å². The van der Waals surface area contributed by atoms with Crippen LogP contribution < -0.4 is 14.2 Å². The van der Waals surface area contributed by atoms with E-state index in [0.29, 0.717) is 61.2 Å². The van der Waals surface area contributed by atoms with Gasteiger partial charge in [0.05, 0.1) is 43.4 Å². The lowest BCUT2D eigenvalue weighted by Gasteiger charge is -2.48. The number of nitrogens with zero attached hydrogens (tertiary/aromatic N) is 5. The Morgan fingerprint density at radius 1 is 1.22 bits per heavy atom. The summed E-state index contributed by atoms with van der Waals surface area (Å²) in [4.78, 5) is 28.8. The molecule has 3 aromatic heterocycles. The Labute approximate surface area is 237 Å². The first-order valence-electron chi connectivity index (χ1n) is 13.7. The molecule has 3 atom stereocenters. The van der Waals surface area contributed by atoms with Gasteiger partial charge < -0.3 is 24.4 Å². The van der Waals surface area contributed by atoms with Gasteiger partial charge in [0.1, 0.15) is 24.5 Å². The Balaban J connectivity index is 1.36. The van der Waals surface area contributed by atoms with Gasteiger partial charge in [-0.25, -0.2) is 14.2 Å². The molecule has 1 amide bonds. The zero-order chi connectivity index (χ0) is 29.3. The van der Waals surface area contributed by atoms with Gasteiger partial charge in [-0.3, -0.25) is 19.8 Å². The number of aromatic nitrogens is 3. The molecule has 2 aliphatic heterocycles. The van der Waals surface area contributed by atoms with E-state index in [1.807, 2.05) is 0 Å². The van der Waals surface area contributed by atoms with Gasteiger partial charge in [-0.05, 0) is 24.3 Å². The summed E-state index contributed by atoms with van der Waals surface area (Å²) in [7, 11) is 1.47. The minimum atomic E-state index is -1.18. The number of pyridine rings is 3. The van der Waals surface area contributed by atoms with Crippen molar-refractivity contribution in [3.8, 4) is 17.4 Å². The van der Waals surface area contributed by atoms with Gasteiger partial charge in [-0.1, -0.05) is 20.8 Å². The second-order valence-corrected chi connectivity index (χ2v) is 11.5. The van der Waals surface area contributed by atoms with Crippen molar-refractivity contribution >= 4 is 17.1 Å². The summed E-state index contributed by atoms with van der Waals surface area (Å²) in [6.07, 6.45) is 1.54. The predicted molar refractivity (Wildman–Crippen MR) is 148 cm³/mol. The number of amides is 1. The highest BCUT2D eigenvalue weighted by Gasteiger charge is 2.40. The fourth-order valence-corrected chi connectivity index (χ4v) is 5.79. The Morgan fingerprint density at radius 2 is 1.98 bits per heavy atom. The lowest BCUT2D eigenvalue weighted by Crippen LogP contribution is -2.56. The zero-order valence-corrected chi connectivity index (χ0v) is 23.7. The number of rotatable bonds is 7. The molecule has 0 saturated carbocycles. The summed E-state index contributed by atoms with van der Waals surface area (Å²) in [5.74, 6) is 0.768. The number of carbonyl (C=O) groups is 1. The summed E-state index contributed by atoms with van der Waals surface area (Å²) in [6.45, 7) is 7.91. The molecule has 2 N–H and O–H groups in total. The van der Waals surface area contributed by atoms with Crippen molar-refractivity contribution in [1.82, 2.24) is 24.8 Å². The van der Waals surface area contributed by atoms with Crippen LogP contribution in [0.2, 0.25) is 0 Å². The van der Waals surface area contributed by atoms with E-state index in [2.05, 4.69) is 40.6 Å². The van der Waals surface area contributed by atoms with Gasteiger partial charge in [-0.2, -0.15) is 0 Å². The molecule has 12 heteroatoms. The molecule has 0 spiro atoms. The van der Waals surface area contributed by atoms with E-state index < -0.39 is 18.0 Å². The maximum atomic E-state index is 15.0. The summed E-state index contributed by atoms with van der Waals surface area (Å²) < 4.78 is 31.4. The monoisotopic (exact) mass is 569 g/mol. The summed E-state index contributed by atoms with van der Waals surface area (Å²) in [6, 6.07) is 4.68. The average molecular weight is 570 g/mol. The van der Waals surface area contributed by atoms with E-state index in [-0.39, 0.29) is 41.7 Å². The minimum absolute atomic E-state index is 0.0699. The van der Waals surface area contributed by atoms with Gasteiger partial charge >= 0.3 is 6.09 Å². The molecular weight excluding hydrogens is 533 g/mol. The van der Waals surface area contributed by atoms with Crippen LogP contribution in [0.5, 0.6) is 17.4 Å². The van der Waals surface area contributed by atoms with Gasteiger partial charge in [-0.15, -0.1) is 0 Å². The van der Waals surface area contributed by atoms with Crippen LogP contribution in [0.4, 0.5) is 9.18 Å². The molecule has 5 heterocycles. The first kappa shape index (κ1) is 28.7. The summed E-state index contributed by atoms with van der Waals surface area (Å²) >= 11 is 0. The number of hydrogen-bond donors (Lipinski definition) is 2. The molecular formula is C29H36FN5O6. The number of likely N-dealkylation sites (tertiary alicyclic amines) is 1. The van der Waals surface area contributed by atoms with Gasteiger partial charge in [0.15, 0.2) is 11.5 Å². The van der Waals surface area contributed by atoms with Crippen molar-refractivity contribution in [2.24, 2.45) is 5.41 Å². The van der Waals surface area contributed by atoms with Crippen LogP contribution >= 0.6 is 0 Å². The fourth-order valence-electron chi connectivity index (χ4n) is 5.79. The largest absolute Gasteiger partial charge is 0.486 e. The summed E-state index contributed by atoms with van der Waals surface area (Å²) in [5.41, 5.74) is 1.10. The summed E-state index contributed by atoms with van der Waals surface area (Å²) in [5, 5.41) is 21.5. The second kappa shape index (κ2) is 11.6. The van der Waals surface area contributed by atoms with Crippen molar-refractivity contribution in [1.29, 1.82) is 0 Å². The maximum absolute atomic E-state index is 15.0. The number of carboxylic acid groups (broad SMARTS) is 1. The maximum Gasteiger partial charge on any atom is 0.407 e. The van der Waals surface area contributed by atoms with E-state index in [0.717, 1.165) is 6.20 Å². The topological polar surface area (TPSA) is 130 Å². The van der Waals surface area contributed by atoms with Crippen LogP contribution in [-0.4, -0.2) is 86.6 Å². The normalized spacial score (nSPS) is 20.0. The number of aliphatic hydroxyl groups is 1. The Morgan fingerprint density at radius 3 is 2.68 bits per heavy atom. The molecule has 0 aliphatic carbocycles. The molecule has 0 bridgehead atoms. The smallest absolute Gasteiger partial charge is 0.407 e. The molecule has 5 rings (SSSR count). The Bertz CT molecular complexity index is 1420. The van der Waals surface area contributed by atoms with Gasteiger partial charge in [0, 0.05) is 42.9 Å². The molecule has 11 nitrogen and oxygen atoms in total. The first-order chi connectivity index (χ1) is 19.5. The third-order valence-electron chi connectivity index (χ3n) is 7.82. The SMILES string of the molecule is COc1ccc2ncc(F)c(C(O)CN3CCC(N(Cc4cc5c(cn4)OCCO5)C(=O)O)CC3C(C)(C)C)c2n1. The highest BCUT2D eigenvalue weighted by Crippen LogP contribution is 2.37. The van der Waals surface area contributed by atoms with E-state index in [1.54, 1.807) is 24.4 Å². The van der Waals surface area contributed by atoms with Crippen LogP contribution in [0.15, 0.2) is 30.6 Å². The highest BCUT2D eigenvalue weighted by atomic mass is 19.1. The molecule has 2 aliphatic rings. The predicted octanol–water partition coefficient (Wildman–Crippen LogP) is 4.04. The highest BCUT2D eigenvalue weighted by molar-refractivity contribution is 5.78. The van der Waals surface area contributed by atoms with Crippen LogP contribution in [0.3, 0.4) is 0 Å². The molecule has 220 valence electrons. The third kappa shape index (κ3) is 6.13. The number of hydrogen-bond acceptors (Lipinski definition) is 9. The van der Waals surface area contributed by atoms with Crippen LogP contribution in [0.1, 0.15) is 51.0 Å². The molecule has 0 radical (unpaired) electrons. The van der Waals surface area contributed by atoms with Crippen molar-refractivity contribution in [2.45, 2.75) is 58.3 Å². The standard InChI is InChI=1S/C29H36FN5O6/c1-29(2,3)24-12-18(35(28(37)38)15-17-11-22-23(14-31-17)41-10-9-40-22)7-8-34(24)16-21(36)26-19(30)13-32-20-5-6-25(39-4)33-27(20)26/h5-6,11,13-14,18,21,24,36H,7-10,12,15-16H2,1-4H3,(H,37,38).